The van der Waals surface area contributed by atoms with Crippen LogP contribution < -0.4 is 5.32 Å². The van der Waals surface area contributed by atoms with Gasteiger partial charge < -0.3 is 14.8 Å². The van der Waals surface area contributed by atoms with Gasteiger partial charge in [0.05, 0.1) is 0 Å². The maximum absolute atomic E-state index is 11.9. The minimum atomic E-state index is 0.0491. The van der Waals surface area contributed by atoms with E-state index in [1.807, 2.05) is 36.4 Å². The maximum atomic E-state index is 11.9. The highest BCUT2D eigenvalue weighted by atomic mass is 16.1. The van der Waals surface area contributed by atoms with Crippen molar-refractivity contribution in [2.24, 2.45) is 0 Å². The normalized spacial score (nSPS) is 11.6. The number of fused-ring (bicyclic) bond motifs is 3. The Bertz CT molecular complexity index is 946. The fraction of sp³-hybridized carbons (Fsp3) is 0.391. The molecule has 1 N–H and O–H groups in total. The number of hydrogen-bond donors (Lipinski definition) is 1. The fourth-order valence-electron chi connectivity index (χ4n) is 3.62. The second kappa shape index (κ2) is 8.67. The highest BCUT2D eigenvalue weighted by Gasteiger charge is 2.14. The Morgan fingerprint density at radius 2 is 1.43 bits per heavy atom. The number of ketones is 2. The summed E-state index contributed by atoms with van der Waals surface area (Å²) in [5.74, 6) is 0.0983. The smallest absolute Gasteiger partial charge is 0.159 e. The van der Waals surface area contributed by atoms with Crippen LogP contribution in [0.15, 0.2) is 36.4 Å². The van der Waals surface area contributed by atoms with E-state index in [9.17, 15) is 9.59 Å². The van der Waals surface area contributed by atoms with E-state index in [0.717, 1.165) is 54.4 Å². The number of benzene rings is 2. The second-order valence-corrected chi connectivity index (χ2v) is 7.63. The lowest BCUT2D eigenvalue weighted by atomic mass is 10.0. The topological polar surface area (TPSA) is 54.3 Å². The van der Waals surface area contributed by atoms with Gasteiger partial charge in [0.2, 0.25) is 0 Å². The third-order valence-electron chi connectivity index (χ3n) is 5.15. The summed E-state index contributed by atoms with van der Waals surface area (Å²) in [5.41, 5.74) is 3.58. The predicted molar refractivity (Wildman–Crippen MR) is 115 cm³/mol. The molecule has 0 aliphatic rings. The molecule has 0 aliphatic carbocycles. The van der Waals surface area contributed by atoms with Crippen LogP contribution in [0.25, 0.3) is 21.8 Å². The minimum Gasteiger partial charge on any atom is -0.339 e. The summed E-state index contributed by atoms with van der Waals surface area (Å²) in [6.07, 6.45) is 1.12. The van der Waals surface area contributed by atoms with Crippen molar-refractivity contribution in [2.75, 3.05) is 33.7 Å². The Labute approximate surface area is 166 Å². The summed E-state index contributed by atoms with van der Waals surface area (Å²) in [4.78, 5) is 25.9. The molecular formula is C23H29N3O2. The van der Waals surface area contributed by atoms with E-state index < -0.39 is 0 Å². The van der Waals surface area contributed by atoms with Crippen LogP contribution in [0.5, 0.6) is 0 Å². The molecule has 0 amide bonds. The SMILES string of the molecule is CC(=O)c1ccc2c(c1)c1cc(C(C)=O)ccc1n2CCNCCCN(C)C. The van der Waals surface area contributed by atoms with Gasteiger partial charge in [0.15, 0.2) is 11.6 Å². The molecule has 0 radical (unpaired) electrons. The fourth-order valence-corrected chi connectivity index (χ4v) is 3.62. The number of rotatable bonds is 9. The number of nitrogens with one attached hydrogen (secondary N) is 1. The van der Waals surface area contributed by atoms with Crippen molar-refractivity contribution in [2.45, 2.75) is 26.8 Å². The van der Waals surface area contributed by atoms with Crippen LogP contribution in [0, 0.1) is 0 Å². The average molecular weight is 380 g/mol. The lowest BCUT2D eigenvalue weighted by Crippen LogP contribution is -2.24. The zero-order valence-electron chi connectivity index (χ0n) is 17.2. The summed E-state index contributed by atoms with van der Waals surface area (Å²) >= 11 is 0. The highest BCUT2D eigenvalue weighted by molar-refractivity contribution is 6.12. The first-order valence-electron chi connectivity index (χ1n) is 9.82. The van der Waals surface area contributed by atoms with E-state index in [1.165, 1.54) is 0 Å². The number of carbonyl (C=O) groups excluding carboxylic acids is 2. The van der Waals surface area contributed by atoms with Crippen LogP contribution in [0.1, 0.15) is 41.0 Å². The van der Waals surface area contributed by atoms with E-state index in [1.54, 1.807) is 13.8 Å². The van der Waals surface area contributed by atoms with Crippen molar-refractivity contribution in [3.63, 3.8) is 0 Å². The van der Waals surface area contributed by atoms with E-state index in [2.05, 4.69) is 28.9 Å². The van der Waals surface area contributed by atoms with Crippen molar-refractivity contribution < 1.29 is 9.59 Å². The van der Waals surface area contributed by atoms with Crippen molar-refractivity contribution in [3.05, 3.63) is 47.5 Å². The molecule has 1 heterocycles. The summed E-state index contributed by atoms with van der Waals surface area (Å²) in [6, 6.07) is 11.7. The number of Topliss-reactive ketones (excluding diaryl/α,β-unsaturated/α-hetero) is 2. The monoisotopic (exact) mass is 379 g/mol. The Morgan fingerprint density at radius 3 is 1.89 bits per heavy atom. The van der Waals surface area contributed by atoms with Crippen LogP contribution in [0.3, 0.4) is 0 Å². The zero-order chi connectivity index (χ0) is 20.3. The molecule has 2 aromatic carbocycles. The summed E-state index contributed by atoms with van der Waals surface area (Å²) in [7, 11) is 4.17. The van der Waals surface area contributed by atoms with Gasteiger partial charge in [-0.3, -0.25) is 9.59 Å². The molecule has 0 spiro atoms. The van der Waals surface area contributed by atoms with Crippen molar-refractivity contribution in [3.8, 4) is 0 Å². The van der Waals surface area contributed by atoms with Gasteiger partial charge in [0.25, 0.3) is 0 Å². The lowest BCUT2D eigenvalue weighted by Gasteiger charge is -2.11. The Hall–Kier alpha value is -2.50. The molecule has 148 valence electrons. The molecule has 5 nitrogen and oxygen atoms in total. The van der Waals surface area contributed by atoms with Gasteiger partial charge in [0, 0.05) is 46.0 Å². The van der Waals surface area contributed by atoms with Gasteiger partial charge in [-0.1, -0.05) is 0 Å². The lowest BCUT2D eigenvalue weighted by molar-refractivity contribution is 0.100. The van der Waals surface area contributed by atoms with Crippen LogP contribution in [-0.2, 0) is 6.54 Å². The van der Waals surface area contributed by atoms with E-state index in [4.69, 9.17) is 0 Å². The quantitative estimate of drug-likeness (QED) is 0.455. The van der Waals surface area contributed by atoms with Crippen LogP contribution in [0.2, 0.25) is 0 Å². The first-order valence-corrected chi connectivity index (χ1v) is 9.82. The van der Waals surface area contributed by atoms with Crippen LogP contribution >= 0.6 is 0 Å². The number of hydrogen-bond acceptors (Lipinski definition) is 4. The molecule has 3 rings (SSSR count). The van der Waals surface area contributed by atoms with Gasteiger partial charge in [-0.05, 0) is 83.9 Å². The second-order valence-electron chi connectivity index (χ2n) is 7.63. The van der Waals surface area contributed by atoms with Crippen molar-refractivity contribution in [1.29, 1.82) is 0 Å². The van der Waals surface area contributed by atoms with Crippen molar-refractivity contribution in [1.82, 2.24) is 14.8 Å². The molecule has 0 saturated carbocycles. The van der Waals surface area contributed by atoms with Crippen molar-refractivity contribution >= 4 is 33.4 Å². The van der Waals surface area contributed by atoms with Gasteiger partial charge in [-0.2, -0.15) is 0 Å². The molecule has 0 unspecified atom stereocenters. The number of aromatic nitrogens is 1. The molecule has 0 atom stereocenters. The van der Waals surface area contributed by atoms with Crippen LogP contribution in [0.4, 0.5) is 0 Å². The molecule has 0 fully saturated rings. The number of carbonyl (C=O) groups is 2. The van der Waals surface area contributed by atoms with E-state index in [-0.39, 0.29) is 11.6 Å². The minimum absolute atomic E-state index is 0.0491. The summed E-state index contributed by atoms with van der Waals surface area (Å²) in [5, 5.41) is 5.56. The Kier molecular flexibility index (Phi) is 6.27. The Balaban J connectivity index is 1.93. The standard InChI is InChI=1S/C23H29N3O2/c1-16(27)18-6-8-22-20(14-18)21-15-19(17(2)28)7-9-23(21)26(22)13-11-24-10-5-12-25(3)4/h6-9,14-15,24H,5,10-13H2,1-4H3. The van der Waals surface area contributed by atoms with Crippen LogP contribution in [-0.4, -0.2) is 54.8 Å². The molecule has 1 aromatic heterocycles. The average Bonchev–Trinajstić information content (AvgIpc) is 2.96. The molecule has 3 aromatic rings. The molecule has 28 heavy (non-hydrogen) atoms. The highest BCUT2D eigenvalue weighted by Crippen LogP contribution is 2.31. The maximum Gasteiger partial charge on any atom is 0.159 e. The first kappa shape index (κ1) is 20.2. The molecule has 0 saturated heterocycles. The van der Waals surface area contributed by atoms with Gasteiger partial charge in [-0.25, -0.2) is 0 Å². The summed E-state index contributed by atoms with van der Waals surface area (Å²) < 4.78 is 2.28. The molecular weight excluding hydrogens is 350 g/mol. The largest absolute Gasteiger partial charge is 0.339 e. The van der Waals surface area contributed by atoms with Gasteiger partial charge in [0.1, 0.15) is 0 Å². The molecule has 0 aliphatic heterocycles. The zero-order valence-corrected chi connectivity index (χ0v) is 17.2. The van der Waals surface area contributed by atoms with E-state index >= 15 is 0 Å². The van der Waals surface area contributed by atoms with Gasteiger partial charge in [-0.15, -0.1) is 0 Å². The van der Waals surface area contributed by atoms with Gasteiger partial charge >= 0.3 is 0 Å². The third kappa shape index (κ3) is 4.32. The molecule has 0 bridgehead atoms. The number of nitrogens with zero attached hydrogens (tertiary/aromatic N) is 2. The molecule has 5 heteroatoms. The predicted octanol–water partition coefficient (Wildman–Crippen LogP) is 3.74. The summed E-state index contributed by atoms with van der Waals surface area (Å²) in [6.45, 7) is 6.93. The Morgan fingerprint density at radius 1 is 0.893 bits per heavy atom. The third-order valence-corrected chi connectivity index (χ3v) is 5.15. The first-order chi connectivity index (χ1) is 13.4. The van der Waals surface area contributed by atoms with E-state index in [0.29, 0.717) is 11.1 Å².